The Kier molecular flexibility index (Phi) is 4.03. The van der Waals surface area contributed by atoms with Crippen LogP contribution in [0.15, 0.2) is 12.4 Å². The molecule has 0 saturated carbocycles. The van der Waals surface area contributed by atoms with Crippen molar-refractivity contribution in [3.05, 3.63) is 18.1 Å². The van der Waals surface area contributed by atoms with Crippen LogP contribution in [0.25, 0.3) is 0 Å². The van der Waals surface area contributed by atoms with E-state index in [4.69, 9.17) is 0 Å². The fourth-order valence-corrected chi connectivity index (χ4v) is 1.11. The van der Waals surface area contributed by atoms with Crippen LogP contribution in [0.2, 0.25) is 0 Å². The molecule has 1 aromatic rings. The smallest absolute Gasteiger partial charge is 0.144 e. The van der Waals surface area contributed by atoms with Crippen molar-refractivity contribution in [1.29, 1.82) is 0 Å². The molecule has 15 heavy (non-hydrogen) atoms. The van der Waals surface area contributed by atoms with Crippen LogP contribution in [0.3, 0.4) is 0 Å². The third-order valence-electron chi connectivity index (χ3n) is 1.84. The number of aromatic nitrogens is 2. The van der Waals surface area contributed by atoms with Gasteiger partial charge >= 0.3 is 0 Å². The van der Waals surface area contributed by atoms with E-state index in [0.29, 0.717) is 0 Å². The highest BCUT2D eigenvalue weighted by atomic mass is 15.0. The molecule has 0 aliphatic carbocycles. The van der Waals surface area contributed by atoms with Gasteiger partial charge in [0.05, 0.1) is 11.9 Å². The summed E-state index contributed by atoms with van der Waals surface area (Å²) in [5, 5.41) is 6.52. The molecule has 0 fully saturated rings. The van der Waals surface area contributed by atoms with Crippen molar-refractivity contribution in [1.82, 2.24) is 15.3 Å². The molecular weight excluding hydrogens is 188 g/mol. The van der Waals surface area contributed by atoms with Crippen molar-refractivity contribution in [2.45, 2.75) is 39.8 Å². The van der Waals surface area contributed by atoms with Crippen molar-refractivity contribution in [2.75, 3.05) is 11.9 Å². The van der Waals surface area contributed by atoms with Crippen molar-refractivity contribution >= 4 is 5.82 Å². The van der Waals surface area contributed by atoms with Crippen LogP contribution in [-0.4, -0.2) is 22.1 Å². The zero-order valence-corrected chi connectivity index (χ0v) is 9.96. The molecule has 4 nitrogen and oxygen atoms in total. The Balaban J connectivity index is 2.57. The fourth-order valence-electron chi connectivity index (χ4n) is 1.11. The second-order valence-corrected chi connectivity index (χ2v) is 4.53. The van der Waals surface area contributed by atoms with Gasteiger partial charge in [-0.25, -0.2) is 4.98 Å². The lowest BCUT2D eigenvalue weighted by Gasteiger charge is -2.20. The maximum absolute atomic E-state index is 4.43. The van der Waals surface area contributed by atoms with E-state index in [0.717, 1.165) is 24.6 Å². The molecular formula is C11H20N4. The lowest BCUT2D eigenvalue weighted by molar-refractivity contribution is 0.421. The van der Waals surface area contributed by atoms with Gasteiger partial charge < -0.3 is 10.6 Å². The summed E-state index contributed by atoms with van der Waals surface area (Å²) in [6, 6.07) is 0. The minimum atomic E-state index is 0.107. The first-order valence-electron chi connectivity index (χ1n) is 5.31. The van der Waals surface area contributed by atoms with E-state index in [-0.39, 0.29) is 5.54 Å². The summed E-state index contributed by atoms with van der Waals surface area (Å²) in [6.07, 6.45) is 3.53. The normalized spacial score (nSPS) is 11.5. The van der Waals surface area contributed by atoms with E-state index in [1.807, 2.05) is 6.92 Å². The van der Waals surface area contributed by atoms with Gasteiger partial charge in [-0.15, -0.1) is 0 Å². The second-order valence-electron chi connectivity index (χ2n) is 4.53. The fraction of sp³-hybridized carbons (Fsp3) is 0.636. The first-order chi connectivity index (χ1) is 7.01. The third-order valence-corrected chi connectivity index (χ3v) is 1.84. The molecule has 0 aliphatic rings. The number of nitrogens with one attached hydrogen (secondary N) is 2. The Morgan fingerprint density at radius 1 is 1.27 bits per heavy atom. The summed E-state index contributed by atoms with van der Waals surface area (Å²) < 4.78 is 0. The molecule has 1 aromatic heterocycles. The van der Waals surface area contributed by atoms with Gasteiger partial charge in [0.2, 0.25) is 0 Å². The highest BCUT2D eigenvalue weighted by Gasteiger charge is 2.09. The molecule has 0 amide bonds. The van der Waals surface area contributed by atoms with Crippen LogP contribution in [0, 0.1) is 0 Å². The Morgan fingerprint density at radius 2 is 2.00 bits per heavy atom. The summed E-state index contributed by atoms with van der Waals surface area (Å²) in [5.74, 6) is 0.839. The molecule has 0 radical (unpaired) electrons. The molecule has 0 aliphatic heterocycles. The van der Waals surface area contributed by atoms with Crippen molar-refractivity contribution in [3.63, 3.8) is 0 Å². The largest absolute Gasteiger partial charge is 0.369 e. The molecule has 84 valence electrons. The molecule has 0 atom stereocenters. The molecule has 1 rings (SSSR count). The van der Waals surface area contributed by atoms with E-state index in [1.54, 1.807) is 12.4 Å². The summed E-state index contributed by atoms with van der Waals surface area (Å²) in [7, 11) is 0. The number of anilines is 1. The molecule has 2 N–H and O–H groups in total. The van der Waals surface area contributed by atoms with Crippen LogP contribution in [0.5, 0.6) is 0 Å². The first-order valence-corrected chi connectivity index (χ1v) is 5.31. The second kappa shape index (κ2) is 5.07. The van der Waals surface area contributed by atoms with E-state index < -0.39 is 0 Å². The van der Waals surface area contributed by atoms with Crippen LogP contribution in [0.4, 0.5) is 5.82 Å². The average Bonchev–Trinajstić information content (AvgIpc) is 2.15. The van der Waals surface area contributed by atoms with E-state index in [2.05, 4.69) is 41.4 Å². The van der Waals surface area contributed by atoms with Gasteiger partial charge in [0.1, 0.15) is 5.82 Å². The van der Waals surface area contributed by atoms with Crippen molar-refractivity contribution in [3.8, 4) is 0 Å². The van der Waals surface area contributed by atoms with Crippen LogP contribution >= 0.6 is 0 Å². The zero-order chi connectivity index (χ0) is 11.3. The highest BCUT2D eigenvalue weighted by Crippen LogP contribution is 2.04. The summed E-state index contributed by atoms with van der Waals surface area (Å²) in [4.78, 5) is 8.57. The Bertz CT molecular complexity index is 304. The maximum Gasteiger partial charge on any atom is 0.144 e. The predicted octanol–water partition coefficient (Wildman–Crippen LogP) is 1.80. The van der Waals surface area contributed by atoms with Gasteiger partial charge in [0, 0.05) is 24.8 Å². The number of rotatable bonds is 4. The molecule has 0 saturated heterocycles. The van der Waals surface area contributed by atoms with Gasteiger partial charge in [0.15, 0.2) is 0 Å². The molecule has 0 aromatic carbocycles. The SMILES string of the molecule is CCNc1cncc(CNC(C)(C)C)n1. The quantitative estimate of drug-likeness (QED) is 0.792. The highest BCUT2D eigenvalue weighted by molar-refractivity contribution is 5.31. The number of nitrogens with zero attached hydrogens (tertiary/aromatic N) is 2. The standard InChI is InChI=1S/C11H20N4/c1-5-13-10-8-12-6-9(15-10)7-14-11(2,3)4/h6,8,14H,5,7H2,1-4H3,(H,13,15). The monoisotopic (exact) mass is 208 g/mol. The van der Waals surface area contributed by atoms with Gasteiger partial charge in [-0.3, -0.25) is 4.98 Å². The van der Waals surface area contributed by atoms with Gasteiger partial charge in [-0.1, -0.05) is 0 Å². The van der Waals surface area contributed by atoms with Gasteiger partial charge in [-0.2, -0.15) is 0 Å². The number of hydrogen-bond acceptors (Lipinski definition) is 4. The van der Waals surface area contributed by atoms with Gasteiger partial charge in [-0.05, 0) is 27.7 Å². The third kappa shape index (κ3) is 4.74. The van der Waals surface area contributed by atoms with E-state index in [9.17, 15) is 0 Å². The number of hydrogen-bond donors (Lipinski definition) is 2. The first kappa shape index (κ1) is 11.9. The van der Waals surface area contributed by atoms with Gasteiger partial charge in [0.25, 0.3) is 0 Å². The predicted molar refractivity (Wildman–Crippen MR) is 62.8 cm³/mol. The van der Waals surface area contributed by atoms with Crippen LogP contribution in [0.1, 0.15) is 33.4 Å². The molecule has 0 bridgehead atoms. The van der Waals surface area contributed by atoms with Crippen molar-refractivity contribution < 1.29 is 0 Å². The van der Waals surface area contributed by atoms with Crippen LogP contribution in [-0.2, 0) is 6.54 Å². The van der Waals surface area contributed by atoms with Crippen molar-refractivity contribution in [2.24, 2.45) is 0 Å². The maximum atomic E-state index is 4.43. The minimum absolute atomic E-state index is 0.107. The Morgan fingerprint density at radius 3 is 2.60 bits per heavy atom. The Hall–Kier alpha value is -1.16. The molecule has 0 spiro atoms. The Labute approximate surface area is 91.5 Å². The van der Waals surface area contributed by atoms with E-state index >= 15 is 0 Å². The topological polar surface area (TPSA) is 49.8 Å². The summed E-state index contributed by atoms with van der Waals surface area (Å²) >= 11 is 0. The minimum Gasteiger partial charge on any atom is -0.369 e. The lowest BCUT2D eigenvalue weighted by Crippen LogP contribution is -2.35. The van der Waals surface area contributed by atoms with Crippen LogP contribution < -0.4 is 10.6 Å². The van der Waals surface area contributed by atoms with E-state index in [1.165, 1.54) is 0 Å². The summed E-state index contributed by atoms with van der Waals surface area (Å²) in [6.45, 7) is 10.1. The summed E-state index contributed by atoms with van der Waals surface area (Å²) in [5.41, 5.74) is 1.07. The molecule has 0 unspecified atom stereocenters. The zero-order valence-electron chi connectivity index (χ0n) is 9.96. The lowest BCUT2D eigenvalue weighted by atomic mass is 10.1. The molecule has 1 heterocycles. The molecule has 4 heteroatoms. The average molecular weight is 208 g/mol.